The highest BCUT2D eigenvalue weighted by Gasteiger charge is 2.31. The molecule has 4 aromatic rings. The van der Waals surface area contributed by atoms with Crippen LogP contribution in [-0.2, 0) is 30.9 Å². The highest BCUT2D eigenvalue weighted by Crippen LogP contribution is 2.40. The molecule has 0 bridgehead atoms. The maximum absolute atomic E-state index is 13.8. The molecule has 0 radical (unpaired) electrons. The molecule has 2 aromatic carbocycles. The van der Waals surface area contributed by atoms with Gasteiger partial charge in [-0.15, -0.1) is 10.2 Å². The van der Waals surface area contributed by atoms with Crippen molar-refractivity contribution in [3.8, 4) is 0 Å². The molecule has 3 heterocycles. The number of nitrogens with zero attached hydrogens (tertiary/aromatic N) is 11. The van der Waals surface area contributed by atoms with Gasteiger partial charge in [-0.05, 0) is 62.1 Å². The van der Waals surface area contributed by atoms with Crippen molar-refractivity contribution >= 4 is 66.1 Å². The molecule has 1 aliphatic rings. The van der Waals surface area contributed by atoms with Crippen molar-refractivity contribution in [3.63, 3.8) is 0 Å². The van der Waals surface area contributed by atoms with Crippen LogP contribution in [0.4, 0.5) is 34.4 Å². The fourth-order valence-electron chi connectivity index (χ4n) is 7.06. The lowest BCUT2D eigenvalue weighted by Gasteiger charge is -2.22. The number of nitrogen functional groups attached to an aromatic ring is 2. The quantitative estimate of drug-likeness (QED) is 0.0673. The molecule has 0 saturated carbocycles. The third kappa shape index (κ3) is 12.2. The summed E-state index contributed by atoms with van der Waals surface area (Å²) >= 11 is 0. The maximum Gasteiger partial charge on any atom is 0.243 e. The number of sulfonamides is 2. The van der Waals surface area contributed by atoms with Gasteiger partial charge in [-0.25, -0.2) is 21.8 Å². The van der Waals surface area contributed by atoms with E-state index in [2.05, 4.69) is 30.8 Å². The molecular weight excluding hydrogens is 877 g/mol. The molecule has 0 atom stereocenters. The Bertz CT molecular complexity index is 2640. The lowest BCUT2D eigenvalue weighted by molar-refractivity contribution is 0.395. The predicted octanol–water partition coefficient (Wildman–Crippen LogP) is 10.2. The number of aromatic nitrogens is 4. The summed E-state index contributed by atoms with van der Waals surface area (Å²) in [5.41, 5.74) is 15.1. The standard InChI is InChI=1S/C46H70N14O4S2/c1-11-15-25-57(26-16-12-2)65(61,62)35-23-19-21-33(29-35)51-53-39-41(45(5,6)7)55-59(43(39)47)37-31-38(50-32-49-37)60-44(48)40(42(56-60)46(8,9)10)54-52-34-22-20-24-36(30-34)66(63,64)58(27-17-13-3)28-18-14-4/h19-24,29-31,49H,11-18,25-28,32,47-48H2,1-10H3/b53-51+,54-52+. The van der Waals surface area contributed by atoms with Crippen LogP contribution in [0.25, 0.3) is 5.82 Å². The molecule has 1 aliphatic heterocycles. The molecule has 20 heteroatoms. The zero-order chi connectivity index (χ0) is 48.5. The summed E-state index contributed by atoms with van der Waals surface area (Å²) in [5, 5.41) is 31.2. The van der Waals surface area contributed by atoms with E-state index in [4.69, 9.17) is 21.7 Å². The molecule has 0 fully saturated rings. The first-order valence-corrected chi connectivity index (χ1v) is 25.9. The van der Waals surface area contributed by atoms with Crippen LogP contribution in [0.2, 0.25) is 0 Å². The topological polar surface area (TPSA) is 236 Å². The van der Waals surface area contributed by atoms with Crippen molar-refractivity contribution in [3.05, 3.63) is 66.0 Å². The molecule has 0 unspecified atom stereocenters. The minimum atomic E-state index is -3.76. The van der Waals surface area contributed by atoms with E-state index in [0.29, 0.717) is 72.0 Å². The number of hydrogen-bond acceptors (Lipinski definition) is 14. The van der Waals surface area contributed by atoms with Crippen LogP contribution in [0.5, 0.6) is 0 Å². The number of benzene rings is 2. The van der Waals surface area contributed by atoms with Gasteiger partial charge in [0.25, 0.3) is 0 Å². The first kappa shape index (κ1) is 51.7. The van der Waals surface area contributed by atoms with E-state index in [0.717, 1.165) is 51.4 Å². The van der Waals surface area contributed by atoms with Crippen LogP contribution in [-0.4, -0.2) is 83.7 Å². The SMILES string of the molecule is CCCCN(CCCC)S(=O)(=O)c1cccc(/N=N/c2c(C(C)(C)C)nn(C3=CC(n4nc(C(C)(C)C)c(/N=N/c5cccc(S(=O)(=O)N(CCCC)CCCC)c5)c4N)=NCN3)c2N)c1. The maximum atomic E-state index is 13.8. The zero-order valence-electron chi connectivity index (χ0n) is 40.4. The summed E-state index contributed by atoms with van der Waals surface area (Å²) < 4.78 is 61.2. The molecule has 360 valence electrons. The number of unbranched alkanes of at least 4 members (excludes halogenated alkanes) is 4. The number of anilines is 2. The minimum Gasteiger partial charge on any atom is -0.382 e. The first-order valence-electron chi connectivity index (χ1n) is 23.0. The molecule has 0 saturated heterocycles. The largest absolute Gasteiger partial charge is 0.382 e. The summed E-state index contributed by atoms with van der Waals surface area (Å²) in [6, 6.07) is 12.9. The van der Waals surface area contributed by atoms with Crippen molar-refractivity contribution in [2.45, 2.75) is 141 Å². The van der Waals surface area contributed by atoms with Crippen molar-refractivity contribution in [1.29, 1.82) is 0 Å². The molecule has 2 aromatic heterocycles. The summed E-state index contributed by atoms with van der Waals surface area (Å²) in [4.78, 5) is 4.98. The second kappa shape index (κ2) is 22.0. The van der Waals surface area contributed by atoms with E-state index in [1.54, 1.807) is 51.1 Å². The van der Waals surface area contributed by atoms with Crippen LogP contribution in [0, 0.1) is 0 Å². The Labute approximate surface area is 391 Å². The van der Waals surface area contributed by atoms with E-state index in [9.17, 15) is 16.8 Å². The van der Waals surface area contributed by atoms with Gasteiger partial charge in [-0.3, -0.25) is 0 Å². The molecule has 5 rings (SSSR count). The van der Waals surface area contributed by atoms with Gasteiger partial charge in [0.15, 0.2) is 28.8 Å². The smallest absolute Gasteiger partial charge is 0.243 e. The second-order valence-corrected chi connectivity index (χ2v) is 22.4. The van der Waals surface area contributed by atoms with E-state index in [1.165, 1.54) is 21.5 Å². The Kier molecular flexibility index (Phi) is 17.2. The van der Waals surface area contributed by atoms with Crippen molar-refractivity contribution in [2.24, 2.45) is 25.4 Å². The highest BCUT2D eigenvalue weighted by molar-refractivity contribution is 7.89. The van der Waals surface area contributed by atoms with E-state index in [-0.39, 0.29) is 28.1 Å². The van der Waals surface area contributed by atoms with Crippen molar-refractivity contribution in [2.75, 3.05) is 44.3 Å². The molecule has 5 N–H and O–H groups in total. The molecule has 0 amide bonds. The van der Waals surface area contributed by atoms with Crippen molar-refractivity contribution in [1.82, 2.24) is 33.5 Å². The fraction of sp³-hybridized carbons (Fsp3) is 0.543. The number of hydrogen-bond donors (Lipinski definition) is 3. The molecule has 0 aliphatic carbocycles. The van der Waals surface area contributed by atoms with Crippen LogP contribution in [0.15, 0.2) is 89.8 Å². The predicted molar refractivity (Wildman–Crippen MR) is 264 cm³/mol. The number of azo groups is 2. The monoisotopic (exact) mass is 947 g/mol. The van der Waals surface area contributed by atoms with Gasteiger partial charge in [0, 0.05) is 43.1 Å². The number of aliphatic imine (C=N–C) groups is 1. The van der Waals surface area contributed by atoms with Crippen molar-refractivity contribution < 1.29 is 16.8 Å². The van der Waals surface area contributed by atoms with E-state index in [1.807, 2.05) is 69.2 Å². The van der Waals surface area contributed by atoms with E-state index >= 15 is 0 Å². The van der Waals surface area contributed by atoms with Crippen LogP contribution in [0.3, 0.4) is 0 Å². The number of nitrogens with two attached hydrogens (primary N) is 2. The summed E-state index contributed by atoms with van der Waals surface area (Å²) in [7, 11) is -7.52. The highest BCUT2D eigenvalue weighted by atomic mass is 32.2. The van der Waals surface area contributed by atoms with E-state index < -0.39 is 30.9 Å². The molecule has 18 nitrogen and oxygen atoms in total. The van der Waals surface area contributed by atoms with Gasteiger partial charge in [-0.1, -0.05) is 107 Å². The summed E-state index contributed by atoms with van der Waals surface area (Å²) in [5.74, 6) is 1.22. The van der Waals surface area contributed by atoms with Gasteiger partial charge < -0.3 is 16.8 Å². The Morgan fingerprint density at radius 3 is 1.41 bits per heavy atom. The summed E-state index contributed by atoms with van der Waals surface area (Å²) in [6.45, 7) is 22.0. The number of nitrogens with one attached hydrogen (secondary N) is 1. The van der Waals surface area contributed by atoms with Gasteiger partial charge >= 0.3 is 0 Å². The van der Waals surface area contributed by atoms with Crippen LogP contribution < -0.4 is 16.8 Å². The molecule has 66 heavy (non-hydrogen) atoms. The Morgan fingerprint density at radius 2 is 1.02 bits per heavy atom. The Morgan fingerprint density at radius 1 is 0.621 bits per heavy atom. The fourth-order valence-corrected chi connectivity index (χ4v) is 10.2. The second-order valence-electron chi connectivity index (χ2n) is 18.5. The van der Waals surface area contributed by atoms with Gasteiger partial charge in [-0.2, -0.15) is 38.4 Å². The van der Waals surface area contributed by atoms with Crippen LogP contribution >= 0.6 is 0 Å². The lowest BCUT2D eigenvalue weighted by atomic mass is 9.91. The Hall–Kier alpha value is -5.31. The third-order valence-corrected chi connectivity index (χ3v) is 14.7. The third-order valence-electron chi connectivity index (χ3n) is 10.9. The van der Waals surface area contributed by atoms with Gasteiger partial charge in [0.05, 0.1) is 32.6 Å². The molecular formula is C46H70N14O4S2. The summed E-state index contributed by atoms with van der Waals surface area (Å²) in [6.07, 6.45) is 8.32. The zero-order valence-corrected chi connectivity index (χ0v) is 42.0. The normalized spacial score (nSPS) is 14.2. The number of rotatable bonds is 21. The molecule has 0 spiro atoms. The average molecular weight is 947 g/mol. The number of allylic oxidation sites excluding steroid dienone is 1. The Balaban J connectivity index is 1.49. The lowest BCUT2D eigenvalue weighted by Crippen LogP contribution is -2.33. The van der Waals surface area contributed by atoms with Crippen LogP contribution in [0.1, 0.15) is 132 Å². The minimum absolute atomic E-state index is 0.132. The average Bonchev–Trinajstić information content (AvgIpc) is 3.81. The first-order chi connectivity index (χ1) is 31.2. The van der Waals surface area contributed by atoms with Gasteiger partial charge in [0.1, 0.15) is 12.5 Å². The van der Waals surface area contributed by atoms with Gasteiger partial charge in [0.2, 0.25) is 20.0 Å².